The fourth-order valence-electron chi connectivity index (χ4n) is 7.25. The Balaban J connectivity index is 1.02. The molecule has 0 radical (unpaired) electrons. The van der Waals surface area contributed by atoms with Crippen molar-refractivity contribution in [1.29, 1.82) is 0 Å². The van der Waals surface area contributed by atoms with E-state index >= 15 is 0 Å². The first kappa shape index (κ1) is 22.5. The third-order valence-electron chi connectivity index (χ3n) is 9.22. The van der Waals surface area contributed by atoms with E-state index in [1.54, 1.807) is 29.2 Å². The molecule has 2 aromatic carbocycles. The van der Waals surface area contributed by atoms with Gasteiger partial charge in [0.2, 0.25) is 17.7 Å². The smallest absolute Gasteiger partial charge is 0.316 e. The van der Waals surface area contributed by atoms with Gasteiger partial charge in [-0.05, 0) is 66.8 Å². The molecule has 0 N–H and O–H groups in total. The molecule has 2 aromatic rings. The van der Waals surface area contributed by atoms with E-state index in [2.05, 4.69) is 12.2 Å². The number of hydrogen-bond acceptors (Lipinski definition) is 5. The van der Waals surface area contributed by atoms with Gasteiger partial charge in [0.05, 0.1) is 29.5 Å². The van der Waals surface area contributed by atoms with Gasteiger partial charge in [-0.1, -0.05) is 42.5 Å². The lowest BCUT2D eigenvalue weighted by molar-refractivity contribution is -0.139. The molecule has 3 amide bonds. The largest absolute Gasteiger partial charge is 0.426 e. The Morgan fingerprint density at radius 1 is 0.892 bits per heavy atom. The molecule has 0 unspecified atom stereocenters. The number of amides is 3. The topological polar surface area (TPSA) is 84.0 Å². The van der Waals surface area contributed by atoms with Gasteiger partial charge < -0.3 is 9.64 Å². The molecule has 2 bridgehead atoms. The van der Waals surface area contributed by atoms with Crippen molar-refractivity contribution in [2.45, 2.75) is 25.8 Å². The molecule has 4 fully saturated rings. The van der Waals surface area contributed by atoms with Crippen LogP contribution in [0.1, 0.15) is 31.4 Å². The summed E-state index contributed by atoms with van der Waals surface area (Å²) in [5, 5.41) is 0. The molecule has 188 valence electrons. The summed E-state index contributed by atoms with van der Waals surface area (Å²) in [5.41, 5.74) is 1.53. The van der Waals surface area contributed by atoms with Crippen molar-refractivity contribution in [3.05, 3.63) is 72.3 Å². The summed E-state index contributed by atoms with van der Waals surface area (Å²) in [5.74, 6) is 0.0330. The Kier molecular flexibility index (Phi) is 4.94. The third-order valence-corrected chi connectivity index (χ3v) is 9.22. The van der Waals surface area contributed by atoms with Crippen molar-refractivity contribution in [1.82, 2.24) is 4.90 Å². The number of benzene rings is 2. The highest BCUT2D eigenvalue weighted by Gasteiger charge is 2.67. The van der Waals surface area contributed by atoms with Gasteiger partial charge in [0.15, 0.2) is 0 Å². The quantitative estimate of drug-likeness (QED) is 0.272. The molecule has 2 aliphatic heterocycles. The van der Waals surface area contributed by atoms with E-state index in [4.69, 9.17) is 4.74 Å². The maximum absolute atomic E-state index is 13.3. The standard InChI is InChI=1S/C30H28N2O5/c1-16(17-5-3-2-4-6-17)31-15-18(13-25(31)33)30(36)37-20-9-7-19(8-10-20)32-28(34)26-21-11-12-22(24-14-23(21)24)27(26)29(32)35/h2-12,16,18,21-24,26-27H,13-15H2,1H3/t16-,18-,21+,22+,23+,24+,26-,27-/m1/s1. The highest BCUT2D eigenvalue weighted by atomic mass is 16.5. The molecule has 8 atom stereocenters. The Hall–Kier alpha value is -3.74. The number of hydrogen-bond donors (Lipinski definition) is 0. The summed E-state index contributed by atoms with van der Waals surface area (Å²) in [6, 6.07) is 16.2. The van der Waals surface area contributed by atoms with Gasteiger partial charge >= 0.3 is 5.97 Å². The minimum absolute atomic E-state index is 0.0673. The third kappa shape index (κ3) is 3.40. The summed E-state index contributed by atoms with van der Waals surface area (Å²) in [6.07, 6.45) is 5.57. The Bertz CT molecular complexity index is 1300. The molecule has 8 rings (SSSR count). The second-order valence-corrected chi connectivity index (χ2v) is 11.1. The van der Waals surface area contributed by atoms with Crippen LogP contribution in [0.25, 0.3) is 0 Å². The Labute approximate surface area is 215 Å². The fraction of sp³-hybridized carbons (Fsp3) is 0.400. The zero-order chi connectivity index (χ0) is 25.4. The number of anilines is 1. The lowest BCUT2D eigenvalue weighted by atomic mass is 9.63. The average molecular weight is 497 g/mol. The monoisotopic (exact) mass is 496 g/mol. The van der Waals surface area contributed by atoms with Crippen LogP contribution in [0.15, 0.2) is 66.7 Å². The van der Waals surface area contributed by atoms with Crippen LogP contribution in [0.3, 0.4) is 0 Å². The minimum Gasteiger partial charge on any atom is -0.426 e. The van der Waals surface area contributed by atoms with Crippen molar-refractivity contribution in [2.75, 3.05) is 11.4 Å². The number of allylic oxidation sites excluding steroid dienone is 2. The molecule has 0 aromatic heterocycles. The number of imide groups is 1. The predicted molar refractivity (Wildman–Crippen MR) is 134 cm³/mol. The molecule has 4 aliphatic carbocycles. The molecular formula is C30H28N2O5. The maximum Gasteiger partial charge on any atom is 0.316 e. The number of nitrogens with zero attached hydrogens (tertiary/aromatic N) is 2. The van der Waals surface area contributed by atoms with E-state index in [1.165, 1.54) is 4.90 Å². The summed E-state index contributed by atoms with van der Waals surface area (Å²) in [6.45, 7) is 2.27. The fourth-order valence-corrected chi connectivity index (χ4v) is 7.25. The van der Waals surface area contributed by atoms with Crippen LogP contribution in [0, 0.1) is 41.4 Å². The molecule has 7 heteroatoms. The van der Waals surface area contributed by atoms with Crippen molar-refractivity contribution in [3.63, 3.8) is 0 Å². The van der Waals surface area contributed by atoms with Crippen LogP contribution in [-0.2, 0) is 19.2 Å². The number of esters is 1. The molecule has 7 nitrogen and oxygen atoms in total. The number of rotatable bonds is 5. The molecule has 6 aliphatic rings. The number of ether oxygens (including phenoxy) is 1. The Morgan fingerprint density at radius 2 is 1.51 bits per heavy atom. The van der Waals surface area contributed by atoms with E-state index in [0.717, 1.165) is 12.0 Å². The molecule has 2 saturated carbocycles. The molecule has 2 heterocycles. The van der Waals surface area contributed by atoms with Crippen molar-refractivity contribution < 1.29 is 23.9 Å². The maximum atomic E-state index is 13.3. The van der Waals surface area contributed by atoms with Gasteiger partial charge in [-0.3, -0.25) is 24.1 Å². The van der Waals surface area contributed by atoms with Crippen LogP contribution in [-0.4, -0.2) is 35.1 Å². The Morgan fingerprint density at radius 3 is 2.14 bits per heavy atom. The molecule has 37 heavy (non-hydrogen) atoms. The van der Waals surface area contributed by atoms with E-state index in [9.17, 15) is 19.2 Å². The summed E-state index contributed by atoms with van der Waals surface area (Å²) in [7, 11) is 0. The summed E-state index contributed by atoms with van der Waals surface area (Å²) in [4.78, 5) is 55.2. The second kappa shape index (κ2) is 8.13. The number of likely N-dealkylation sites (tertiary alicyclic amines) is 1. The van der Waals surface area contributed by atoms with E-state index in [1.807, 2.05) is 37.3 Å². The number of carbonyl (C=O) groups is 4. The average Bonchev–Trinajstić information content (AvgIpc) is 3.60. The molecular weight excluding hydrogens is 468 g/mol. The van der Waals surface area contributed by atoms with E-state index in [0.29, 0.717) is 29.8 Å². The van der Waals surface area contributed by atoms with Gasteiger partial charge in [0, 0.05) is 13.0 Å². The van der Waals surface area contributed by atoms with Crippen molar-refractivity contribution in [3.8, 4) is 5.75 Å². The molecule has 0 spiro atoms. The minimum atomic E-state index is -0.544. The van der Waals surface area contributed by atoms with Crippen LogP contribution < -0.4 is 9.64 Å². The van der Waals surface area contributed by atoms with E-state index in [-0.39, 0.29) is 53.9 Å². The zero-order valence-electron chi connectivity index (χ0n) is 20.5. The van der Waals surface area contributed by atoms with Gasteiger partial charge in [0.1, 0.15) is 5.75 Å². The SMILES string of the molecule is C[C@H](c1ccccc1)N1C[C@H](C(=O)Oc2ccc(N3C(=O)[C@@H]4[C@H]5C=C[C@@H]([C@@H]6C[C@@H]56)[C@H]4C3=O)cc2)CC1=O. The van der Waals surface area contributed by atoms with Gasteiger partial charge in [-0.25, -0.2) is 0 Å². The first-order valence-corrected chi connectivity index (χ1v) is 13.1. The van der Waals surface area contributed by atoms with Crippen LogP contribution >= 0.6 is 0 Å². The van der Waals surface area contributed by atoms with Crippen LogP contribution in [0.4, 0.5) is 5.69 Å². The van der Waals surface area contributed by atoms with Gasteiger partial charge in [-0.2, -0.15) is 0 Å². The normalized spacial score (nSPS) is 34.0. The van der Waals surface area contributed by atoms with E-state index < -0.39 is 11.9 Å². The first-order chi connectivity index (χ1) is 17.9. The lowest BCUT2D eigenvalue weighted by Gasteiger charge is -2.37. The number of carbonyl (C=O) groups excluding carboxylic acids is 4. The summed E-state index contributed by atoms with van der Waals surface area (Å²) < 4.78 is 5.59. The zero-order valence-corrected chi connectivity index (χ0v) is 20.5. The van der Waals surface area contributed by atoms with Crippen LogP contribution in [0.2, 0.25) is 0 Å². The van der Waals surface area contributed by atoms with Crippen LogP contribution in [0.5, 0.6) is 5.75 Å². The van der Waals surface area contributed by atoms with Gasteiger partial charge in [0.25, 0.3) is 0 Å². The first-order valence-electron chi connectivity index (χ1n) is 13.1. The highest BCUT2D eigenvalue weighted by Crippen LogP contribution is 2.65. The van der Waals surface area contributed by atoms with Gasteiger partial charge in [-0.15, -0.1) is 0 Å². The lowest BCUT2D eigenvalue weighted by Crippen LogP contribution is -2.40. The summed E-state index contributed by atoms with van der Waals surface area (Å²) >= 11 is 0. The predicted octanol–water partition coefficient (Wildman–Crippen LogP) is 3.76. The van der Waals surface area contributed by atoms with Crippen molar-refractivity contribution in [2.24, 2.45) is 41.4 Å². The van der Waals surface area contributed by atoms with Crippen molar-refractivity contribution >= 4 is 29.4 Å². The molecule has 2 saturated heterocycles. The second-order valence-electron chi connectivity index (χ2n) is 11.1. The highest BCUT2D eigenvalue weighted by molar-refractivity contribution is 6.22.